The van der Waals surface area contributed by atoms with Gasteiger partial charge in [-0.1, -0.05) is 7.54 Å². The van der Waals surface area contributed by atoms with Gasteiger partial charge >= 0.3 is 0 Å². The highest BCUT2D eigenvalue weighted by Gasteiger charge is 2.14. The number of rotatable bonds is 4. The molecule has 0 N–H and O–H groups in total. The van der Waals surface area contributed by atoms with Gasteiger partial charge in [-0.15, -0.1) is 0 Å². The second-order valence-corrected chi connectivity index (χ2v) is 8.29. The Balaban J connectivity index is 2.32. The standard InChI is InChI=1S/C12H8F2N2O4S3/c13-9-1-5-11(6-2-9)22(17,18)15-21-16-23(19,20)12-7-3-10(14)4-8-12/h1-8H. The summed E-state index contributed by atoms with van der Waals surface area (Å²) in [5, 5.41) is 0. The predicted molar refractivity (Wildman–Crippen MR) is 79.4 cm³/mol. The van der Waals surface area contributed by atoms with E-state index in [0.717, 1.165) is 48.5 Å². The molecule has 0 saturated carbocycles. The van der Waals surface area contributed by atoms with Crippen LogP contribution in [0.5, 0.6) is 0 Å². The maximum absolute atomic E-state index is 12.7. The van der Waals surface area contributed by atoms with E-state index in [9.17, 15) is 25.6 Å². The highest BCUT2D eigenvalue weighted by molar-refractivity contribution is 7.97. The SMILES string of the molecule is O=S(=O)(N=S=NS(=O)(=O)c1ccc(F)cc1)c1ccc(F)cc1. The largest absolute Gasteiger partial charge is 0.293 e. The highest BCUT2D eigenvalue weighted by atomic mass is 32.3. The molecule has 6 nitrogen and oxygen atoms in total. The molecule has 0 atom stereocenters. The van der Waals surface area contributed by atoms with E-state index in [2.05, 4.69) is 7.54 Å². The van der Waals surface area contributed by atoms with E-state index in [1.54, 1.807) is 0 Å². The molecule has 0 bridgehead atoms. The molecule has 23 heavy (non-hydrogen) atoms. The quantitative estimate of drug-likeness (QED) is 0.817. The Bertz CT molecular complexity index is 900. The van der Waals surface area contributed by atoms with Crippen LogP contribution >= 0.6 is 0 Å². The lowest BCUT2D eigenvalue weighted by Gasteiger charge is -1.96. The molecule has 0 aromatic heterocycles. The van der Waals surface area contributed by atoms with Gasteiger partial charge in [-0.3, -0.25) is 0 Å². The third-order valence-corrected chi connectivity index (χ3v) is 6.33. The first-order valence-electron chi connectivity index (χ1n) is 5.83. The van der Waals surface area contributed by atoms with Crippen molar-refractivity contribution in [2.45, 2.75) is 9.79 Å². The van der Waals surface area contributed by atoms with Crippen LogP contribution in [0.15, 0.2) is 65.9 Å². The zero-order valence-electron chi connectivity index (χ0n) is 11.1. The fourth-order valence-electron chi connectivity index (χ4n) is 1.40. The molecule has 0 fully saturated rings. The molecule has 0 unspecified atom stereocenters. The molecule has 0 aliphatic carbocycles. The van der Waals surface area contributed by atoms with Gasteiger partial charge in [0, 0.05) is 0 Å². The minimum absolute atomic E-state index is 0.0482. The van der Waals surface area contributed by atoms with Crippen LogP contribution in [0.4, 0.5) is 8.78 Å². The molecule has 11 heteroatoms. The van der Waals surface area contributed by atoms with Crippen molar-refractivity contribution in [1.29, 1.82) is 0 Å². The maximum Gasteiger partial charge on any atom is 0.293 e. The van der Waals surface area contributed by atoms with Crippen LogP contribution in [0, 0.1) is 11.6 Å². The van der Waals surface area contributed by atoms with E-state index < -0.39 is 31.7 Å². The first-order chi connectivity index (χ1) is 10.7. The Morgan fingerprint density at radius 2 is 0.957 bits per heavy atom. The average Bonchev–Trinajstić information content (AvgIpc) is 2.47. The summed E-state index contributed by atoms with van der Waals surface area (Å²) in [6.45, 7) is 0. The van der Waals surface area contributed by atoms with Crippen molar-refractivity contribution in [3.05, 3.63) is 60.2 Å². The second kappa shape index (κ2) is 6.64. The van der Waals surface area contributed by atoms with Crippen molar-refractivity contribution in [2.75, 3.05) is 0 Å². The molecule has 0 radical (unpaired) electrons. The van der Waals surface area contributed by atoms with Crippen molar-refractivity contribution in [2.24, 2.45) is 7.54 Å². The molecular weight excluding hydrogens is 370 g/mol. The first kappa shape index (κ1) is 17.4. The van der Waals surface area contributed by atoms with Gasteiger partial charge in [-0.25, -0.2) is 8.78 Å². The lowest BCUT2D eigenvalue weighted by molar-refractivity contribution is 0.596. The van der Waals surface area contributed by atoms with E-state index in [-0.39, 0.29) is 21.1 Å². The Hall–Kier alpha value is -1.98. The number of hydrogen-bond acceptors (Lipinski definition) is 4. The van der Waals surface area contributed by atoms with Crippen LogP contribution in [0.2, 0.25) is 0 Å². The van der Waals surface area contributed by atoms with Gasteiger partial charge in [0.05, 0.1) is 21.1 Å². The fourth-order valence-corrected chi connectivity index (χ4v) is 4.11. The lowest BCUT2D eigenvalue weighted by Crippen LogP contribution is -1.97. The van der Waals surface area contributed by atoms with Crippen molar-refractivity contribution >= 4 is 31.4 Å². The van der Waals surface area contributed by atoms with Gasteiger partial charge in [-0.2, -0.15) is 16.8 Å². The van der Waals surface area contributed by atoms with Crippen molar-refractivity contribution in [1.82, 2.24) is 0 Å². The summed E-state index contributed by atoms with van der Waals surface area (Å²) in [6.07, 6.45) is 0. The van der Waals surface area contributed by atoms with Gasteiger partial charge in [0.1, 0.15) is 11.6 Å². The zero-order valence-corrected chi connectivity index (χ0v) is 13.6. The summed E-state index contributed by atoms with van der Waals surface area (Å²) in [6, 6.07) is 7.68. The van der Waals surface area contributed by atoms with Gasteiger partial charge in [0.2, 0.25) is 0 Å². The van der Waals surface area contributed by atoms with E-state index in [1.807, 2.05) is 0 Å². The lowest BCUT2D eigenvalue weighted by atomic mass is 10.4. The highest BCUT2D eigenvalue weighted by Crippen LogP contribution is 2.14. The van der Waals surface area contributed by atoms with Crippen LogP contribution in [0.25, 0.3) is 0 Å². The van der Waals surface area contributed by atoms with E-state index in [1.165, 1.54) is 0 Å². The van der Waals surface area contributed by atoms with Gasteiger partial charge in [0.25, 0.3) is 20.0 Å². The normalized spacial score (nSPS) is 11.7. The number of hydrogen-bond donors (Lipinski definition) is 0. The van der Waals surface area contributed by atoms with Gasteiger partial charge < -0.3 is 0 Å². The Morgan fingerprint density at radius 1 is 0.652 bits per heavy atom. The monoisotopic (exact) mass is 378 g/mol. The molecule has 0 amide bonds. The molecule has 122 valence electrons. The van der Waals surface area contributed by atoms with Gasteiger partial charge in [-0.05, 0) is 48.5 Å². The molecule has 0 aliphatic heterocycles. The number of sulfonamides is 2. The van der Waals surface area contributed by atoms with E-state index >= 15 is 0 Å². The third kappa shape index (κ3) is 4.50. The molecular formula is C12H8F2N2O4S3. The summed E-state index contributed by atoms with van der Waals surface area (Å²) in [7, 11) is -8.37. The predicted octanol–water partition coefficient (Wildman–Crippen LogP) is 2.49. The third-order valence-electron chi connectivity index (χ3n) is 2.49. The van der Waals surface area contributed by atoms with Crippen molar-refractivity contribution in [3.8, 4) is 0 Å². The summed E-state index contributed by atoms with van der Waals surface area (Å²) in [5.74, 6) is -1.25. The molecule has 2 aromatic rings. The fraction of sp³-hybridized carbons (Fsp3) is 0. The van der Waals surface area contributed by atoms with Crippen LogP contribution in [-0.4, -0.2) is 16.8 Å². The number of benzene rings is 2. The molecule has 2 rings (SSSR count). The van der Waals surface area contributed by atoms with E-state index in [0.29, 0.717) is 0 Å². The molecule has 0 heterocycles. The Morgan fingerprint density at radius 3 is 1.26 bits per heavy atom. The minimum Gasteiger partial charge on any atom is -0.207 e. The average molecular weight is 378 g/mol. The van der Waals surface area contributed by atoms with Crippen molar-refractivity contribution in [3.63, 3.8) is 0 Å². The van der Waals surface area contributed by atoms with Crippen LogP contribution in [-0.2, 0) is 31.4 Å². The van der Waals surface area contributed by atoms with E-state index in [4.69, 9.17) is 0 Å². The summed E-state index contributed by atoms with van der Waals surface area (Å²) < 4.78 is 78.9. The van der Waals surface area contributed by atoms with Crippen molar-refractivity contribution < 1.29 is 25.6 Å². The van der Waals surface area contributed by atoms with Crippen LogP contribution in [0.1, 0.15) is 0 Å². The number of halogens is 2. The Kier molecular flexibility index (Phi) is 5.02. The summed E-state index contributed by atoms with van der Waals surface area (Å²) in [5.41, 5.74) is 0. The van der Waals surface area contributed by atoms with Crippen LogP contribution < -0.4 is 0 Å². The molecule has 2 aromatic carbocycles. The second-order valence-electron chi connectivity index (χ2n) is 4.09. The van der Waals surface area contributed by atoms with Crippen LogP contribution in [0.3, 0.4) is 0 Å². The molecule has 0 saturated heterocycles. The first-order valence-corrected chi connectivity index (χ1v) is 9.44. The van der Waals surface area contributed by atoms with Gasteiger partial charge in [0.15, 0.2) is 0 Å². The zero-order chi connectivity index (χ0) is 17.1. The molecule has 0 aliphatic rings. The minimum atomic E-state index is -4.19. The summed E-state index contributed by atoms with van der Waals surface area (Å²) >= 11 is -0.0482. The molecule has 0 spiro atoms. The smallest absolute Gasteiger partial charge is 0.207 e. The maximum atomic E-state index is 12.7. The topological polar surface area (TPSA) is 93.0 Å². The summed E-state index contributed by atoms with van der Waals surface area (Å²) in [4.78, 5) is -0.610. The number of nitrogens with zero attached hydrogens (tertiary/aromatic N) is 2. The Labute approximate surface area is 134 Å².